The van der Waals surface area contributed by atoms with Gasteiger partial charge in [-0.1, -0.05) is 0 Å². The average Bonchev–Trinajstić information content (AvgIpc) is 2.33. The van der Waals surface area contributed by atoms with Crippen LogP contribution >= 0.6 is 0 Å². The molecule has 1 aromatic heterocycles. The van der Waals surface area contributed by atoms with E-state index in [0.717, 1.165) is 10.9 Å². The second-order valence-corrected chi connectivity index (χ2v) is 3.94. The average molecular weight is 250 g/mol. The van der Waals surface area contributed by atoms with E-state index in [9.17, 15) is 4.79 Å². The number of rotatable bonds is 4. The van der Waals surface area contributed by atoms with Crippen LogP contribution in [0.1, 0.15) is 11.1 Å². The third kappa shape index (κ3) is 2.37. The molecule has 0 aliphatic carbocycles. The van der Waals surface area contributed by atoms with Crippen LogP contribution in [0.5, 0.6) is 5.75 Å². The number of hydrogen-bond acceptors (Lipinski definition) is 5. The van der Waals surface area contributed by atoms with Crippen molar-refractivity contribution in [3.05, 3.63) is 39.7 Å². The zero-order valence-electron chi connectivity index (χ0n) is 10.2. The van der Waals surface area contributed by atoms with Crippen LogP contribution in [0, 0.1) is 13.8 Å². The van der Waals surface area contributed by atoms with Gasteiger partial charge in [-0.25, -0.2) is 4.79 Å². The van der Waals surface area contributed by atoms with Gasteiger partial charge in [-0.05, 0) is 31.5 Å². The highest BCUT2D eigenvalue weighted by molar-refractivity contribution is 5.84. The number of fused-ring (bicyclic) bond motifs is 1. The molecule has 1 aromatic carbocycles. The molecule has 5 nitrogen and oxygen atoms in total. The summed E-state index contributed by atoms with van der Waals surface area (Å²) < 4.78 is 5.18. The fourth-order valence-electron chi connectivity index (χ4n) is 1.73. The molecule has 0 atom stereocenters. The van der Waals surface area contributed by atoms with Gasteiger partial charge in [-0.3, -0.25) is 0 Å². The molecule has 0 bridgehead atoms. The van der Waals surface area contributed by atoms with Gasteiger partial charge in [0.05, 0.1) is 6.61 Å². The van der Waals surface area contributed by atoms with Crippen molar-refractivity contribution in [2.24, 2.45) is 0 Å². The third-order valence-electron chi connectivity index (χ3n) is 2.64. The van der Waals surface area contributed by atoms with Crippen molar-refractivity contribution in [2.75, 3.05) is 13.2 Å². The maximum atomic E-state index is 11.4. The third-order valence-corrected chi connectivity index (χ3v) is 2.64. The maximum Gasteiger partial charge on any atom is 0.336 e. The van der Waals surface area contributed by atoms with E-state index < -0.39 is 5.63 Å². The van der Waals surface area contributed by atoms with E-state index in [1.165, 1.54) is 6.07 Å². The van der Waals surface area contributed by atoms with Crippen LogP contribution in [0.4, 0.5) is 0 Å². The minimum absolute atomic E-state index is 0.0786. The number of hydrogen-bond donors (Lipinski definition) is 1. The smallest absolute Gasteiger partial charge is 0.336 e. The van der Waals surface area contributed by atoms with Crippen LogP contribution in [0.2, 0.25) is 0 Å². The minimum Gasteiger partial charge on any atom is -0.422 e. The van der Waals surface area contributed by atoms with Crippen molar-refractivity contribution in [3.8, 4) is 5.75 Å². The molecule has 5 heteroatoms. The zero-order chi connectivity index (χ0) is 13.1. The predicted molar refractivity (Wildman–Crippen MR) is 65.6 cm³/mol. The highest BCUT2D eigenvalue weighted by atomic mass is 17.2. The van der Waals surface area contributed by atoms with Gasteiger partial charge in [-0.15, -0.1) is 0 Å². The van der Waals surface area contributed by atoms with Crippen molar-refractivity contribution < 1.29 is 19.3 Å². The molecule has 0 amide bonds. The Morgan fingerprint density at radius 2 is 2.11 bits per heavy atom. The summed E-state index contributed by atoms with van der Waals surface area (Å²) in [6.07, 6.45) is 0. The van der Waals surface area contributed by atoms with Gasteiger partial charge in [-0.2, -0.15) is 4.89 Å². The Bertz CT molecular complexity index is 615. The van der Waals surface area contributed by atoms with Gasteiger partial charge in [0.15, 0.2) is 5.75 Å². The fraction of sp³-hybridized carbons (Fsp3) is 0.308. The first-order valence-electron chi connectivity index (χ1n) is 5.58. The van der Waals surface area contributed by atoms with Crippen molar-refractivity contribution in [1.82, 2.24) is 0 Å². The highest BCUT2D eigenvalue weighted by Crippen LogP contribution is 2.28. The Labute approximate surface area is 103 Å². The number of benzene rings is 1. The van der Waals surface area contributed by atoms with Gasteiger partial charge in [0.2, 0.25) is 0 Å². The molecule has 96 valence electrons. The Morgan fingerprint density at radius 1 is 1.33 bits per heavy atom. The van der Waals surface area contributed by atoms with E-state index in [0.29, 0.717) is 16.9 Å². The van der Waals surface area contributed by atoms with Gasteiger partial charge >= 0.3 is 5.63 Å². The first-order chi connectivity index (χ1) is 8.63. The molecule has 0 saturated carbocycles. The van der Waals surface area contributed by atoms with Crippen molar-refractivity contribution in [1.29, 1.82) is 0 Å². The summed E-state index contributed by atoms with van der Waals surface area (Å²) in [6.45, 7) is 3.58. The molecule has 0 radical (unpaired) electrons. The SMILES string of the molecule is Cc1cc(=O)oc2c(C)c(OOCCO)ccc12. The Morgan fingerprint density at radius 3 is 2.83 bits per heavy atom. The van der Waals surface area contributed by atoms with Crippen LogP contribution in [-0.4, -0.2) is 18.3 Å². The molecular formula is C13H14O5. The fourth-order valence-corrected chi connectivity index (χ4v) is 1.73. The van der Waals surface area contributed by atoms with Crippen LogP contribution in [0.3, 0.4) is 0 Å². The molecule has 0 aliphatic heterocycles. The molecule has 0 unspecified atom stereocenters. The second-order valence-electron chi connectivity index (χ2n) is 3.94. The molecule has 1 heterocycles. The van der Waals surface area contributed by atoms with Crippen LogP contribution < -0.4 is 10.5 Å². The summed E-state index contributed by atoms with van der Waals surface area (Å²) in [7, 11) is 0. The van der Waals surface area contributed by atoms with E-state index in [1.807, 2.05) is 6.92 Å². The quantitative estimate of drug-likeness (QED) is 0.387. The van der Waals surface area contributed by atoms with Crippen LogP contribution in [0.25, 0.3) is 11.0 Å². The molecule has 0 aliphatic rings. The molecule has 2 rings (SSSR count). The monoisotopic (exact) mass is 250 g/mol. The van der Waals surface area contributed by atoms with E-state index in [2.05, 4.69) is 0 Å². The molecule has 0 spiro atoms. The van der Waals surface area contributed by atoms with Crippen molar-refractivity contribution in [3.63, 3.8) is 0 Å². The van der Waals surface area contributed by atoms with Crippen LogP contribution in [0.15, 0.2) is 27.4 Å². The van der Waals surface area contributed by atoms with Crippen LogP contribution in [-0.2, 0) is 4.89 Å². The number of aliphatic hydroxyl groups is 1. The molecule has 0 saturated heterocycles. The van der Waals surface area contributed by atoms with E-state index in [-0.39, 0.29) is 13.2 Å². The standard InChI is InChI=1S/C13H14O5/c1-8-7-12(15)17-13-9(2)11(4-3-10(8)13)18-16-6-5-14/h3-4,7,14H,5-6H2,1-2H3. The Hall–Kier alpha value is -1.85. The summed E-state index contributed by atoms with van der Waals surface area (Å²) in [5, 5.41) is 9.46. The summed E-state index contributed by atoms with van der Waals surface area (Å²) in [6, 6.07) is 4.99. The largest absolute Gasteiger partial charge is 0.422 e. The number of aryl methyl sites for hydroxylation is 2. The zero-order valence-corrected chi connectivity index (χ0v) is 10.2. The number of aliphatic hydroxyl groups excluding tert-OH is 1. The lowest BCUT2D eigenvalue weighted by molar-refractivity contribution is -0.212. The lowest BCUT2D eigenvalue weighted by Gasteiger charge is -2.09. The maximum absolute atomic E-state index is 11.4. The minimum atomic E-state index is -0.392. The molecule has 0 fully saturated rings. The normalized spacial score (nSPS) is 10.8. The molecule has 2 aromatic rings. The highest BCUT2D eigenvalue weighted by Gasteiger charge is 2.10. The Kier molecular flexibility index (Phi) is 3.64. The van der Waals surface area contributed by atoms with Crippen molar-refractivity contribution >= 4 is 11.0 Å². The van der Waals surface area contributed by atoms with E-state index in [4.69, 9.17) is 19.3 Å². The summed E-state index contributed by atoms with van der Waals surface area (Å²) in [5.41, 5.74) is 1.64. The van der Waals surface area contributed by atoms with Gasteiger partial charge in [0.25, 0.3) is 0 Å². The topological polar surface area (TPSA) is 68.9 Å². The lowest BCUT2D eigenvalue weighted by Crippen LogP contribution is -2.05. The summed E-state index contributed by atoms with van der Waals surface area (Å²) in [5.74, 6) is 0.463. The van der Waals surface area contributed by atoms with Crippen molar-refractivity contribution in [2.45, 2.75) is 13.8 Å². The van der Waals surface area contributed by atoms with E-state index >= 15 is 0 Å². The first-order valence-corrected chi connectivity index (χ1v) is 5.58. The summed E-state index contributed by atoms with van der Waals surface area (Å²) in [4.78, 5) is 21.2. The van der Waals surface area contributed by atoms with Gasteiger partial charge < -0.3 is 14.4 Å². The Balaban J connectivity index is 2.46. The molecule has 18 heavy (non-hydrogen) atoms. The van der Waals surface area contributed by atoms with E-state index in [1.54, 1.807) is 19.1 Å². The predicted octanol–water partition coefficient (Wildman–Crippen LogP) is 1.71. The second kappa shape index (κ2) is 5.20. The molecule has 1 N–H and O–H groups in total. The first kappa shape index (κ1) is 12.6. The van der Waals surface area contributed by atoms with Gasteiger partial charge in [0, 0.05) is 17.0 Å². The molecular weight excluding hydrogens is 236 g/mol. The lowest BCUT2D eigenvalue weighted by atomic mass is 10.1. The van der Waals surface area contributed by atoms with Gasteiger partial charge in [0.1, 0.15) is 12.2 Å². The summed E-state index contributed by atoms with van der Waals surface area (Å²) >= 11 is 0.